The fourth-order valence-corrected chi connectivity index (χ4v) is 9.67. The number of pyridine rings is 2. The Balaban J connectivity index is 0.000000183. The van der Waals surface area contributed by atoms with Crippen molar-refractivity contribution < 1.29 is 18.9 Å². The predicted molar refractivity (Wildman–Crippen MR) is 278 cm³/mol. The highest BCUT2D eigenvalue weighted by Gasteiger charge is 2.26. The fraction of sp³-hybridized carbons (Fsp3) is 0.483. The molecule has 0 bridgehead atoms. The van der Waals surface area contributed by atoms with Crippen LogP contribution in [0.4, 0.5) is 0 Å². The van der Waals surface area contributed by atoms with E-state index in [-0.39, 0.29) is 0 Å². The maximum atomic E-state index is 6.34. The van der Waals surface area contributed by atoms with E-state index in [9.17, 15) is 0 Å². The topological polar surface area (TPSA) is 75.7 Å². The minimum absolute atomic E-state index is 0.590. The number of hydrogen-bond donors (Lipinski definition) is 0. The van der Waals surface area contributed by atoms with Gasteiger partial charge in [0.2, 0.25) is 0 Å². The summed E-state index contributed by atoms with van der Waals surface area (Å²) in [5, 5.41) is 2.41. The van der Waals surface area contributed by atoms with Gasteiger partial charge in [0.05, 0.1) is 26.4 Å². The Hall–Kier alpha value is -4.94. The molecule has 0 aliphatic carbocycles. The summed E-state index contributed by atoms with van der Waals surface area (Å²) in [6.45, 7) is 26.9. The second-order valence-electron chi connectivity index (χ2n) is 18.1. The molecule has 364 valence electrons. The number of morpholine rings is 2. The number of hydrogen-bond acceptors (Lipinski definition) is 10. The average Bonchev–Trinajstić information content (AvgIpc) is 3.40. The molecule has 4 aromatic carbocycles. The molecule has 0 spiro atoms. The minimum atomic E-state index is 0.590. The number of rotatable bonds is 13. The van der Waals surface area contributed by atoms with E-state index in [1.54, 1.807) is 0 Å². The minimum Gasteiger partial charge on any atom is -0.475 e. The van der Waals surface area contributed by atoms with Crippen LogP contribution >= 0.6 is 0 Å². The molecule has 0 amide bonds. The maximum absolute atomic E-state index is 6.34. The Morgan fingerprint density at radius 1 is 0.544 bits per heavy atom. The largest absolute Gasteiger partial charge is 0.475 e. The van der Waals surface area contributed by atoms with Gasteiger partial charge in [-0.25, -0.2) is 0 Å². The van der Waals surface area contributed by atoms with Crippen LogP contribution in [0.2, 0.25) is 0 Å². The van der Waals surface area contributed by atoms with Crippen LogP contribution in [0.15, 0.2) is 103 Å². The van der Waals surface area contributed by atoms with Crippen molar-refractivity contribution >= 4 is 21.8 Å². The van der Waals surface area contributed by atoms with Crippen molar-refractivity contribution in [3.63, 3.8) is 0 Å². The molecule has 4 aliphatic heterocycles. The van der Waals surface area contributed by atoms with E-state index in [1.165, 1.54) is 69.0 Å². The van der Waals surface area contributed by atoms with Crippen LogP contribution in [0.5, 0.6) is 11.5 Å². The van der Waals surface area contributed by atoms with Crippen molar-refractivity contribution in [1.82, 2.24) is 29.6 Å². The lowest BCUT2D eigenvalue weighted by molar-refractivity contribution is 0.0342. The number of aromatic nitrogens is 2. The third-order valence-corrected chi connectivity index (χ3v) is 13.5. The summed E-state index contributed by atoms with van der Waals surface area (Å²) in [5.74, 6) is 2.51. The van der Waals surface area contributed by atoms with E-state index in [4.69, 9.17) is 23.9 Å². The Bertz CT molecular complexity index is 2430. The molecule has 4 aliphatic rings. The van der Waals surface area contributed by atoms with Gasteiger partial charge in [-0.3, -0.25) is 29.6 Å². The van der Waals surface area contributed by atoms with E-state index < -0.39 is 0 Å². The summed E-state index contributed by atoms with van der Waals surface area (Å²) < 4.78 is 23.6. The first kappa shape index (κ1) is 50.9. The van der Waals surface area contributed by atoms with E-state index in [0.29, 0.717) is 19.4 Å². The van der Waals surface area contributed by atoms with Crippen molar-refractivity contribution in [2.45, 2.75) is 112 Å². The smallest absolute Gasteiger partial charge is 0.152 e. The van der Waals surface area contributed by atoms with Crippen LogP contribution in [0.3, 0.4) is 0 Å². The zero-order chi connectivity index (χ0) is 47.5. The highest BCUT2D eigenvalue weighted by atomic mass is 16.5. The van der Waals surface area contributed by atoms with Crippen LogP contribution in [0.1, 0.15) is 112 Å². The molecular formula is C58H78N6O4. The standard InChI is InChI=1S/C29H37N3O2.C23H25N3O2.C4H10.C2H6/c1-3-22-8-5-6-9-26(22)23(4-2)11-13-32-20-25-18-24(19-31-14-16-33-17-15-31)27-10-7-12-30-28(27)29(25)34-21-32;1-2-5-18(6-3-1)14-26-16-20-13-19(15-25-9-11-27-12-10-25)21-7-4-8-24-22(21)23(20)28-17-26;1-3-4-2;1-2/h5-10,12,18,23H,3-4,11,13-17,19-21H2,1-2H3;1-8,13H,9-12,14-17H2;3-4H2,1-2H3;1-2H3. The third kappa shape index (κ3) is 13.4. The second-order valence-corrected chi connectivity index (χ2v) is 18.1. The molecule has 6 heterocycles. The first-order chi connectivity index (χ1) is 33.5. The molecule has 10 heteroatoms. The molecule has 1 unspecified atom stereocenters. The van der Waals surface area contributed by atoms with Crippen molar-refractivity contribution in [3.05, 3.63) is 142 Å². The molecular weight excluding hydrogens is 845 g/mol. The van der Waals surface area contributed by atoms with Gasteiger partial charge in [-0.15, -0.1) is 0 Å². The summed E-state index contributed by atoms with van der Waals surface area (Å²) in [7, 11) is 0. The summed E-state index contributed by atoms with van der Waals surface area (Å²) in [5.41, 5.74) is 11.5. The van der Waals surface area contributed by atoms with Crippen molar-refractivity contribution in [2.75, 3.05) is 72.6 Å². The lowest BCUT2D eigenvalue weighted by atomic mass is 9.88. The van der Waals surface area contributed by atoms with Crippen molar-refractivity contribution in [1.29, 1.82) is 0 Å². The van der Waals surface area contributed by atoms with Gasteiger partial charge in [0, 0.05) is 99.7 Å². The monoisotopic (exact) mass is 923 g/mol. The quantitative estimate of drug-likeness (QED) is 0.112. The van der Waals surface area contributed by atoms with Crippen LogP contribution < -0.4 is 9.47 Å². The Morgan fingerprint density at radius 2 is 1.06 bits per heavy atom. The highest BCUT2D eigenvalue weighted by molar-refractivity contribution is 5.90. The molecule has 6 aromatic rings. The Morgan fingerprint density at radius 3 is 1.59 bits per heavy atom. The SMILES string of the molecule is CC.CCCC.CCc1ccccc1C(CC)CCN1COc2c(cc(CN3CCOCC3)c3cccnc23)C1.c1ccc(CN2COc3c(cc(CN4CCOCC4)c4cccnc34)C2)cc1. The summed E-state index contributed by atoms with van der Waals surface area (Å²) in [4.78, 5) is 19.1. The molecule has 1 atom stereocenters. The predicted octanol–water partition coefficient (Wildman–Crippen LogP) is 11.6. The van der Waals surface area contributed by atoms with E-state index >= 15 is 0 Å². The van der Waals surface area contributed by atoms with Gasteiger partial charge in [-0.2, -0.15) is 0 Å². The number of fused-ring (bicyclic) bond motifs is 6. The maximum Gasteiger partial charge on any atom is 0.152 e. The number of aryl methyl sites for hydroxylation is 1. The summed E-state index contributed by atoms with van der Waals surface area (Å²) >= 11 is 0. The molecule has 10 rings (SSSR count). The first-order valence-electron chi connectivity index (χ1n) is 25.8. The lowest BCUT2D eigenvalue weighted by Crippen LogP contribution is -2.36. The lowest BCUT2D eigenvalue weighted by Gasteiger charge is -2.32. The van der Waals surface area contributed by atoms with Gasteiger partial charge in [-0.1, -0.05) is 121 Å². The van der Waals surface area contributed by atoms with Crippen molar-refractivity contribution in [2.24, 2.45) is 0 Å². The van der Waals surface area contributed by atoms with E-state index in [0.717, 1.165) is 127 Å². The molecule has 0 N–H and O–H groups in total. The van der Waals surface area contributed by atoms with Gasteiger partial charge >= 0.3 is 0 Å². The third-order valence-electron chi connectivity index (χ3n) is 13.5. The van der Waals surface area contributed by atoms with E-state index in [1.807, 2.05) is 38.4 Å². The summed E-state index contributed by atoms with van der Waals surface area (Å²) in [6.07, 6.45) is 9.80. The zero-order valence-corrected chi connectivity index (χ0v) is 42.1. The van der Waals surface area contributed by atoms with Crippen LogP contribution in [-0.4, -0.2) is 102 Å². The molecule has 2 aromatic heterocycles. The molecule has 68 heavy (non-hydrogen) atoms. The number of ether oxygens (including phenoxy) is 4. The van der Waals surface area contributed by atoms with E-state index in [2.05, 4.69) is 131 Å². The molecule has 0 saturated carbocycles. The summed E-state index contributed by atoms with van der Waals surface area (Å²) in [6, 6.07) is 32.6. The van der Waals surface area contributed by atoms with Gasteiger partial charge in [0.1, 0.15) is 24.5 Å². The van der Waals surface area contributed by atoms with Gasteiger partial charge in [-0.05, 0) is 77.3 Å². The Labute approximate surface area is 407 Å². The first-order valence-corrected chi connectivity index (χ1v) is 25.8. The van der Waals surface area contributed by atoms with Gasteiger partial charge in [0.25, 0.3) is 0 Å². The second kappa shape index (κ2) is 26.7. The molecule has 0 radical (unpaired) electrons. The number of unbranched alkanes of at least 4 members (excludes halogenated alkanes) is 1. The normalized spacial score (nSPS) is 16.9. The number of nitrogens with zero attached hydrogens (tertiary/aromatic N) is 6. The van der Waals surface area contributed by atoms with Gasteiger partial charge < -0.3 is 18.9 Å². The van der Waals surface area contributed by atoms with Crippen LogP contribution in [-0.2, 0) is 48.6 Å². The Kier molecular flexibility index (Phi) is 20.0. The molecule has 2 fully saturated rings. The average molecular weight is 923 g/mol. The van der Waals surface area contributed by atoms with Gasteiger partial charge in [0.15, 0.2) is 11.5 Å². The zero-order valence-electron chi connectivity index (χ0n) is 42.1. The van der Waals surface area contributed by atoms with Crippen molar-refractivity contribution in [3.8, 4) is 11.5 Å². The fourth-order valence-electron chi connectivity index (χ4n) is 9.67. The highest BCUT2D eigenvalue weighted by Crippen LogP contribution is 2.38. The molecule has 10 nitrogen and oxygen atoms in total. The number of benzene rings is 4. The van der Waals surface area contributed by atoms with Crippen LogP contribution in [0, 0.1) is 0 Å². The van der Waals surface area contributed by atoms with Crippen LogP contribution in [0.25, 0.3) is 21.8 Å². The molecule has 2 saturated heterocycles.